The van der Waals surface area contributed by atoms with Crippen LogP contribution < -0.4 is 4.74 Å². The van der Waals surface area contributed by atoms with Crippen LogP contribution in [-0.2, 0) is 0 Å². The molecule has 0 aliphatic carbocycles. The molecule has 0 aliphatic heterocycles. The molecule has 26 heavy (non-hydrogen) atoms. The number of aryl methyl sites for hydroxylation is 1. The van der Waals surface area contributed by atoms with Crippen LogP contribution in [-0.4, -0.2) is 16.6 Å². The summed E-state index contributed by atoms with van der Waals surface area (Å²) in [5, 5.41) is 0. The molecule has 3 rings (SSSR count). The second kappa shape index (κ2) is 8.26. The van der Waals surface area contributed by atoms with Gasteiger partial charge in [-0.3, -0.25) is 0 Å². The van der Waals surface area contributed by atoms with Gasteiger partial charge in [0.05, 0.1) is 6.61 Å². The Labute approximate surface area is 152 Å². The van der Waals surface area contributed by atoms with Crippen LogP contribution in [0.2, 0.25) is 0 Å². The fourth-order valence-electron chi connectivity index (χ4n) is 2.30. The van der Waals surface area contributed by atoms with Crippen molar-refractivity contribution in [1.82, 2.24) is 9.97 Å². The Hall–Kier alpha value is -3.19. The Morgan fingerprint density at radius 3 is 2.27 bits per heavy atom. The number of hydrogen-bond acceptors (Lipinski definition) is 3. The predicted octanol–water partition coefficient (Wildman–Crippen LogP) is 4.78. The minimum Gasteiger partial charge on any atom is -0.491 e. The number of halogens is 1. The average molecular weight is 346 g/mol. The minimum atomic E-state index is -0.392. The number of hydrogen-bond donors (Lipinski definition) is 0. The Morgan fingerprint density at radius 1 is 0.962 bits per heavy atom. The van der Waals surface area contributed by atoms with Gasteiger partial charge in [-0.25, -0.2) is 14.4 Å². The van der Waals surface area contributed by atoms with Crippen molar-refractivity contribution in [3.8, 4) is 29.0 Å². The molecule has 130 valence electrons. The summed E-state index contributed by atoms with van der Waals surface area (Å²) < 4.78 is 19.3. The molecule has 0 fully saturated rings. The van der Waals surface area contributed by atoms with Crippen LogP contribution in [0, 0.1) is 24.6 Å². The van der Waals surface area contributed by atoms with Gasteiger partial charge in [-0.05, 0) is 61.4 Å². The zero-order valence-corrected chi connectivity index (χ0v) is 14.8. The molecule has 0 atom stereocenters. The van der Waals surface area contributed by atoms with E-state index in [2.05, 4.69) is 21.8 Å². The summed E-state index contributed by atoms with van der Waals surface area (Å²) in [7, 11) is 0. The summed E-state index contributed by atoms with van der Waals surface area (Å²) in [6, 6.07) is 12.4. The second-order valence-corrected chi connectivity index (χ2v) is 5.91. The Morgan fingerprint density at radius 2 is 1.62 bits per heavy atom. The van der Waals surface area contributed by atoms with Crippen LogP contribution in [0.3, 0.4) is 0 Å². The lowest BCUT2D eigenvalue weighted by atomic mass is 10.1. The van der Waals surface area contributed by atoms with E-state index < -0.39 is 5.82 Å². The van der Waals surface area contributed by atoms with Crippen LogP contribution in [0.15, 0.2) is 54.9 Å². The lowest BCUT2D eigenvalue weighted by Gasteiger charge is -2.05. The molecule has 2 aromatic carbocycles. The third-order valence-electron chi connectivity index (χ3n) is 3.67. The van der Waals surface area contributed by atoms with Gasteiger partial charge in [0.1, 0.15) is 0 Å². The standard InChI is InChI=1S/C22H19FN2O/c1-3-12-26-21-11-8-18(13-20(21)23)5-4-17-6-9-19(10-7-17)22-24-14-16(2)15-25-22/h6-11,13-15H,3,12H2,1-2H3. The fraction of sp³-hybridized carbons (Fsp3) is 0.182. The van der Waals surface area contributed by atoms with Crippen molar-refractivity contribution in [2.75, 3.05) is 6.61 Å². The summed E-state index contributed by atoms with van der Waals surface area (Å²) in [6.45, 7) is 4.43. The average Bonchev–Trinajstić information content (AvgIpc) is 2.67. The van der Waals surface area contributed by atoms with Gasteiger partial charge < -0.3 is 4.74 Å². The monoisotopic (exact) mass is 346 g/mol. The molecule has 0 saturated heterocycles. The summed E-state index contributed by atoms with van der Waals surface area (Å²) in [4.78, 5) is 8.62. The molecule has 0 spiro atoms. The molecule has 3 aromatic rings. The molecule has 0 saturated carbocycles. The van der Waals surface area contributed by atoms with Gasteiger partial charge in [-0.15, -0.1) is 0 Å². The molecule has 0 amide bonds. The maximum atomic E-state index is 14.0. The van der Waals surface area contributed by atoms with Crippen LogP contribution in [0.1, 0.15) is 30.0 Å². The first-order chi connectivity index (χ1) is 12.7. The Bertz CT molecular complexity index is 939. The number of rotatable bonds is 4. The van der Waals surface area contributed by atoms with Gasteiger partial charge in [0.2, 0.25) is 0 Å². The van der Waals surface area contributed by atoms with Crippen LogP contribution >= 0.6 is 0 Å². The van der Waals surface area contributed by atoms with Crippen molar-refractivity contribution >= 4 is 0 Å². The molecule has 1 heterocycles. The summed E-state index contributed by atoms with van der Waals surface area (Å²) in [5.41, 5.74) is 3.40. The van der Waals surface area contributed by atoms with Crippen LogP contribution in [0.4, 0.5) is 4.39 Å². The Balaban J connectivity index is 1.74. The largest absolute Gasteiger partial charge is 0.491 e. The van der Waals surface area contributed by atoms with E-state index in [9.17, 15) is 4.39 Å². The number of aromatic nitrogens is 2. The van der Waals surface area contributed by atoms with E-state index in [1.807, 2.05) is 38.1 Å². The molecule has 0 unspecified atom stereocenters. The topological polar surface area (TPSA) is 35.0 Å². The van der Waals surface area contributed by atoms with E-state index in [4.69, 9.17) is 4.74 Å². The van der Waals surface area contributed by atoms with Crippen molar-refractivity contribution in [2.24, 2.45) is 0 Å². The summed E-state index contributed by atoms with van der Waals surface area (Å²) in [6.07, 6.45) is 4.42. The predicted molar refractivity (Wildman–Crippen MR) is 100 cm³/mol. The summed E-state index contributed by atoms with van der Waals surface area (Å²) >= 11 is 0. The SMILES string of the molecule is CCCOc1ccc(C#Cc2ccc(-c3ncc(C)cn3)cc2)cc1F. The fourth-order valence-corrected chi connectivity index (χ4v) is 2.30. The lowest BCUT2D eigenvalue weighted by molar-refractivity contribution is 0.301. The molecule has 0 radical (unpaired) electrons. The highest BCUT2D eigenvalue weighted by molar-refractivity contribution is 5.57. The maximum Gasteiger partial charge on any atom is 0.166 e. The first kappa shape index (κ1) is 17.6. The minimum absolute atomic E-state index is 0.264. The van der Waals surface area contributed by atoms with Crippen LogP contribution in [0.25, 0.3) is 11.4 Å². The first-order valence-corrected chi connectivity index (χ1v) is 8.49. The zero-order chi connectivity index (χ0) is 18.4. The normalized spacial score (nSPS) is 10.1. The molecule has 1 aromatic heterocycles. The summed E-state index contributed by atoms with van der Waals surface area (Å²) in [5.74, 6) is 6.57. The molecule has 0 N–H and O–H groups in total. The van der Waals surface area contributed by atoms with Gasteiger partial charge in [0.15, 0.2) is 17.4 Å². The van der Waals surface area contributed by atoms with E-state index in [0.717, 1.165) is 23.1 Å². The van der Waals surface area contributed by atoms with Crippen LogP contribution in [0.5, 0.6) is 5.75 Å². The van der Waals surface area contributed by atoms with Crippen molar-refractivity contribution in [1.29, 1.82) is 0 Å². The maximum absolute atomic E-state index is 14.0. The van der Waals surface area contributed by atoms with E-state index in [-0.39, 0.29) is 5.75 Å². The highest BCUT2D eigenvalue weighted by atomic mass is 19.1. The van der Waals surface area contributed by atoms with E-state index in [1.165, 1.54) is 6.07 Å². The van der Waals surface area contributed by atoms with Crippen molar-refractivity contribution in [3.63, 3.8) is 0 Å². The molecule has 0 bridgehead atoms. The third kappa shape index (κ3) is 4.46. The second-order valence-electron chi connectivity index (χ2n) is 5.91. The highest BCUT2D eigenvalue weighted by Crippen LogP contribution is 2.18. The zero-order valence-electron chi connectivity index (χ0n) is 14.8. The number of benzene rings is 2. The van der Waals surface area contributed by atoms with Gasteiger partial charge >= 0.3 is 0 Å². The Kier molecular flexibility index (Phi) is 5.60. The van der Waals surface area contributed by atoms with Gasteiger partial charge in [0.25, 0.3) is 0 Å². The lowest BCUT2D eigenvalue weighted by Crippen LogP contribution is -1.97. The van der Waals surface area contributed by atoms with E-state index in [0.29, 0.717) is 18.0 Å². The van der Waals surface area contributed by atoms with E-state index in [1.54, 1.807) is 24.5 Å². The third-order valence-corrected chi connectivity index (χ3v) is 3.67. The van der Waals surface area contributed by atoms with Gasteiger partial charge in [0, 0.05) is 29.1 Å². The van der Waals surface area contributed by atoms with E-state index >= 15 is 0 Å². The molecule has 0 aliphatic rings. The quantitative estimate of drug-likeness (QED) is 0.638. The van der Waals surface area contributed by atoms with Gasteiger partial charge in [-0.1, -0.05) is 18.8 Å². The van der Waals surface area contributed by atoms with Crippen molar-refractivity contribution in [3.05, 3.63) is 77.4 Å². The molecular formula is C22H19FN2O. The number of nitrogens with zero attached hydrogens (tertiary/aromatic N) is 2. The molecular weight excluding hydrogens is 327 g/mol. The number of ether oxygens (including phenoxy) is 1. The highest BCUT2D eigenvalue weighted by Gasteiger charge is 2.03. The van der Waals surface area contributed by atoms with Crippen molar-refractivity contribution in [2.45, 2.75) is 20.3 Å². The first-order valence-electron chi connectivity index (χ1n) is 8.49. The smallest absolute Gasteiger partial charge is 0.166 e. The molecule has 3 nitrogen and oxygen atoms in total. The van der Waals surface area contributed by atoms with Gasteiger partial charge in [-0.2, -0.15) is 0 Å². The molecule has 4 heteroatoms. The van der Waals surface area contributed by atoms with Crippen molar-refractivity contribution < 1.29 is 9.13 Å².